The molecule has 0 bridgehead atoms. The molecule has 1 atom stereocenters. The van der Waals surface area contributed by atoms with Gasteiger partial charge in [-0.2, -0.15) is 0 Å². The van der Waals surface area contributed by atoms with Gasteiger partial charge in [-0.1, -0.05) is 0 Å². The summed E-state index contributed by atoms with van der Waals surface area (Å²) in [5.41, 5.74) is -0.475. The Morgan fingerprint density at radius 1 is 1.17 bits per heavy atom. The Kier molecular flexibility index (Phi) is 5.08. The number of nitro groups is 1. The van der Waals surface area contributed by atoms with Crippen LogP contribution in [-0.4, -0.2) is 23.9 Å². The van der Waals surface area contributed by atoms with Crippen molar-refractivity contribution in [3.8, 4) is 11.5 Å². The third-order valence-electron chi connectivity index (χ3n) is 3.24. The maximum atomic E-state index is 13.2. The van der Waals surface area contributed by atoms with Crippen LogP contribution in [0.25, 0.3) is 0 Å². The van der Waals surface area contributed by atoms with Gasteiger partial charge in [0.25, 0.3) is 0 Å². The molecule has 1 unspecified atom stereocenters. The van der Waals surface area contributed by atoms with Gasteiger partial charge in [0.1, 0.15) is 5.75 Å². The van der Waals surface area contributed by atoms with Crippen LogP contribution in [0.5, 0.6) is 11.5 Å². The number of nitro benzene ring substituents is 1. The number of methoxy groups -OCH3 is 1. The number of ether oxygens (including phenoxy) is 2. The quantitative estimate of drug-likeness (QED) is 0.458. The molecule has 2 aromatic carbocycles. The van der Waals surface area contributed by atoms with Gasteiger partial charge in [0, 0.05) is 5.56 Å². The van der Waals surface area contributed by atoms with E-state index < -0.39 is 28.4 Å². The summed E-state index contributed by atoms with van der Waals surface area (Å²) in [4.78, 5) is 22.6. The Labute approximate surface area is 135 Å². The Bertz CT molecular complexity index is 794. The van der Waals surface area contributed by atoms with E-state index in [4.69, 9.17) is 9.47 Å². The summed E-state index contributed by atoms with van der Waals surface area (Å²) >= 11 is 0. The lowest BCUT2D eigenvalue weighted by molar-refractivity contribution is -0.386. The van der Waals surface area contributed by atoms with Crippen molar-refractivity contribution in [2.45, 2.75) is 13.0 Å². The Hall–Kier alpha value is -3.03. The average molecular weight is 337 g/mol. The van der Waals surface area contributed by atoms with Crippen LogP contribution in [0.15, 0.2) is 36.4 Å². The lowest BCUT2D eigenvalue weighted by atomic mass is 10.1. The zero-order valence-corrected chi connectivity index (χ0v) is 12.8. The first-order valence-corrected chi connectivity index (χ1v) is 6.82. The summed E-state index contributed by atoms with van der Waals surface area (Å²) in [5, 5.41) is 11.1. The van der Waals surface area contributed by atoms with Crippen LogP contribution in [0, 0.1) is 21.7 Å². The van der Waals surface area contributed by atoms with E-state index in [2.05, 4.69) is 0 Å². The molecule has 0 radical (unpaired) electrons. The first-order valence-electron chi connectivity index (χ1n) is 6.82. The van der Waals surface area contributed by atoms with Crippen LogP contribution in [0.3, 0.4) is 0 Å². The van der Waals surface area contributed by atoms with E-state index in [-0.39, 0.29) is 22.7 Å². The lowest BCUT2D eigenvalue weighted by Gasteiger charge is -2.14. The van der Waals surface area contributed by atoms with Crippen LogP contribution in [-0.2, 0) is 0 Å². The van der Waals surface area contributed by atoms with E-state index in [0.717, 1.165) is 24.3 Å². The highest BCUT2D eigenvalue weighted by atomic mass is 19.2. The van der Waals surface area contributed by atoms with E-state index >= 15 is 0 Å². The van der Waals surface area contributed by atoms with Crippen LogP contribution in [0.1, 0.15) is 17.3 Å². The van der Waals surface area contributed by atoms with E-state index in [1.165, 1.54) is 26.2 Å². The number of hydrogen-bond donors (Lipinski definition) is 0. The van der Waals surface area contributed by atoms with Gasteiger partial charge in [-0.05, 0) is 37.3 Å². The van der Waals surface area contributed by atoms with Gasteiger partial charge < -0.3 is 9.47 Å². The molecule has 2 aromatic rings. The smallest absolute Gasteiger partial charge is 0.314 e. The minimum atomic E-state index is -1.16. The zero-order valence-electron chi connectivity index (χ0n) is 12.8. The van der Waals surface area contributed by atoms with Crippen molar-refractivity contribution in [1.82, 2.24) is 0 Å². The fourth-order valence-electron chi connectivity index (χ4n) is 1.99. The van der Waals surface area contributed by atoms with Gasteiger partial charge in [0.15, 0.2) is 23.5 Å². The average Bonchev–Trinajstić information content (AvgIpc) is 2.56. The van der Waals surface area contributed by atoms with Crippen molar-refractivity contribution < 1.29 is 28.0 Å². The molecule has 0 aliphatic rings. The fourth-order valence-corrected chi connectivity index (χ4v) is 1.99. The molecule has 0 heterocycles. The zero-order chi connectivity index (χ0) is 17.9. The molecule has 8 heteroatoms. The number of hydrogen-bond acceptors (Lipinski definition) is 5. The summed E-state index contributed by atoms with van der Waals surface area (Å²) in [6.07, 6.45) is -1.14. The number of Topliss-reactive ketones (excluding diaryl/α,β-unsaturated/α-hetero) is 1. The number of carbonyl (C=O) groups is 1. The normalized spacial score (nSPS) is 11.7. The summed E-state index contributed by atoms with van der Waals surface area (Å²) in [7, 11) is 1.36. The molecule has 6 nitrogen and oxygen atoms in total. The first-order chi connectivity index (χ1) is 11.3. The molecule has 2 rings (SSSR count). The van der Waals surface area contributed by atoms with E-state index in [9.17, 15) is 23.7 Å². The molecule has 126 valence electrons. The van der Waals surface area contributed by atoms with Crippen molar-refractivity contribution in [2.24, 2.45) is 0 Å². The molecule has 24 heavy (non-hydrogen) atoms. The molecular weight excluding hydrogens is 324 g/mol. The van der Waals surface area contributed by atoms with Gasteiger partial charge >= 0.3 is 5.69 Å². The van der Waals surface area contributed by atoms with Gasteiger partial charge in [-0.25, -0.2) is 8.78 Å². The number of rotatable bonds is 6. The van der Waals surface area contributed by atoms with Gasteiger partial charge in [-0.3, -0.25) is 14.9 Å². The van der Waals surface area contributed by atoms with Crippen molar-refractivity contribution in [2.75, 3.05) is 7.11 Å². The molecule has 0 saturated carbocycles. The van der Waals surface area contributed by atoms with E-state index in [0.29, 0.717) is 0 Å². The molecule has 0 aliphatic carbocycles. The van der Waals surface area contributed by atoms with Gasteiger partial charge in [0.2, 0.25) is 5.78 Å². The highest BCUT2D eigenvalue weighted by Gasteiger charge is 2.23. The maximum absolute atomic E-state index is 13.2. The van der Waals surface area contributed by atoms with Crippen LogP contribution < -0.4 is 9.47 Å². The molecule has 0 N–H and O–H groups in total. The van der Waals surface area contributed by atoms with Crippen molar-refractivity contribution in [3.63, 3.8) is 0 Å². The SMILES string of the molecule is COc1ccc(OC(C)C(=O)c2ccc(F)c(F)c2)c([N+](=O)[O-])c1. The van der Waals surface area contributed by atoms with Gasteiger partial charge in [0.05, 0.1) is 18.1 Å². The summed E-state index contributed by atoms with van der Waals surface area (Å²) < 4.78 is 36.4. The predicted octanol–water partition coefficient (Wildman–Crippen LogP) is 3.53. The molecule has 0 fully saturated rings. The van der Waals surface area contributed by atoms with Gasteiger partial charge in [-0.15, -0.1) is 0 Å². The largest absolute Gasteiger partial charge is 0.496 e. The molecule has 0 amide bonds. The number of nitrogens with zero attached hydrogens (tertiary/aromatic N) is 1. The molecule has 0 aromatic heterocycles. The molecule has 0 spiro atoms. The maximum Gasteiger partial charge on any atom is 0.314 e. The van der Waals surface area contributed by atoms with Crippen LogP contribution in [0.2, 0.25) is 0 Å². The summed E-state index contributed by atoms with van der Waals surface area (Å²) in [6, 6.07) is 6.58. The van der Waals surface area contributed by atoms with E-state index in [1.807, 2.05) is 0 Å². The molecule has 0 aliphatic heterocycles. The predicted molar refractivity (Wildman–Crippen MR) is 80.4 cm³/mol. The highest BCUT2D eigenvalue weighted by molar-refractivity contribution is 5.99. The summed E-state index contributed by atoms with van der Waals surface area (Å²) in [5.74, 6) is -2.76. The lowest BCUT2D eigenvalue weighted by Crippen LogP contribution is -2.24. The summed E-state index contributed by atoms with van der Waals surface area (Å²) in [6.45, 7) is 1.36. The van der Waals surface area contributed by atoms with Crippen molar-refractivity contribution >= 4 is 11.5 Å². The highest BCUT2D eigenvalue weighted by Crippen LogP contribution is 2.32. The Balaban J connectivity index is 2.25. The minimum absolute atomic E-state index is 0.0995. The van der Waals surface area contributed by atoms with Crippen molar-refractivity contribution in [1.29, 1.82) is 0 Å². The Morgan fingerprint density at radius 2 is 1.88 bits per heavy atom. The first kappa shape index (κ1) is 17.3. The second-order valence-corrected chi connectivity index (χ2v) is 4.84. The monoisotopic (exact) mass is 337 g/mol. The molecular formula is C16H13F2NO5. The third kappa shape index (κ3) is 3.65. The van der Waals surface area contributed by atoms with Crippen LogP contribution >= 0.6 is 0 Å². The second kappa shape index (κ2) is 7.03. The van der Waals surface area contributed by atoms with E-state index in [1.54, 1.807) is 0 Å². The molecule has 0 saturated heterocycles. The fraction of sp³-hybridized carbons (Fsp3) is 0.188. The van der Waals surface area contributed by atoms with Crippen LogP contribution in [0.4, 0.5) is 14.5 Å². The number of carbonyl (C=O) groups excluding carboxylic acids is 1. The topological polar surface area (TPSA) is 78.7 Å². The standard InChI is InChI=1S/C16H13F2NO5/c1-9(16(20)10-3-5-12(17)13(18)7-10)24-15-6-4-11(23-2)8-14(15)19(21)22/h3-9H,1-2H3. The second-order valence-electron chi connectivity index (χ2n) is 4.84. The Morgan fingerprint density at radius 3 is 2.46 bits per heavy atom. The minimum Gasteiger partial charge on any atom is -0.496 e. The number of ketones is 1. The number of benzene rings is 2. The van der Waals surface area contributed by atoms with Crippen molar-refractivity contribution in [3.05, 3.63) is 63.7 Å². The number of halogens is 2. The third-order valence-corrected chi connectivity index (χ3v) is 3.24.